The Morgan fingerprint density at radius 2 is 1.76 bits per heavy atom. The molecule has 0 spiro atoms. The normalized spacial score (nSPS) is 12.1. The molecule has 0 heterocycles. The lowest BCUT2D eigenvalue weighted by Gasteiger charge is -2.26. The molecular weight excluding hydrogens is 226 g/mol. The van der Waals surface area contributed by atoms with Crippen molar-refractivity contribution >= 4 is 12.6 Å². The highest BCUT2D eigenvalue weighted by atomic mass is 32.1. The summed E-state index contributed by atoms with van der Waals surface area (Å²) in [7, 11) is 0. The summed E-state index contributed by atoms with van der Waals surface area (Å²) in [5.74, 6) is 1.50. The van der Waals surface area contributed by atoms with Gasteiger partial charge in [0.05, 0.1) is 0 Å². The molecular formula is C15H25NS. The first-order valence-corrected chi connectivity index (χ1v) is 7.02. The minimum absolute atomic E-state index is 0.179. The predicted molar refractivity (Wildman–Crippen MR) is 80.3 cm³/mol. The zero-order chi connectivity index (χ0) is 12.9. The van der Waals surface area contributed by atoms with Gasteiger partial charge in [0.25, 0.3) is 0 Å². The number of hydrogen-bond acceptors (Lipinski definition) is 2. The fraction of sp³-hybridized carbons (Fsp3) is 0.600. The second-order valence-corrected chi connectivity index (χ2v) is 6.01. The van der Waals surface area contributed by atoms with Crippen LogP contribution in [0.25, 0.3) is 0 Å². The second-order valence-electron chi connectivity index (χ2n) is 5.56. The maximum absolute atomic E-state index is 4.21. The molecule has 0 saturated heterocycles. The number of benzene rings is 1. The lowest BCUT2D eigenvalue weighted by Crippen LogP contribution is -2.33. The van der Waals surface area contributed by atoms with Crippen molar-refractivity contribution in [3.63, 3.8) is 0 Å². The van der Waals surface area contributed by atoms with Gasteiger partial charge in [0.2, 0.25) is 0 Å². The van der Waals surface area contributed by atoms with E-state index in [-0.39, 0.29) is 5.41 Å². The third-order valence-electron chi connectivity index (χ3n) is 3.21. The molecule has 0 aliphatic rings. The Kier molecular flexibility index (Phi) is 5.54. The van der Waals surface area contributed by atoms with Gasteiger partial charge in [0.1, 0.15) is 0 Å². The van der Waals surface area contributed by atoms with E-state index >= 15 is 0 Å². The molecule has 0 radical (unpaired) electrons. The molecule has 17 heavy (non-hydrogen) atoms. The van der Waals surface area contributed by atoms with Crippen LogP contribution in [0.5, 0.6) is 0 Å². The average Bonchev–Trinajstić information content (AvgIpc) is 2.29. The summed E-state index contributed by atoms with van der Waals surface area (Å²) in [6, 6.07) is 9.02. The molecule has 0 bridgehead atoms. The van der Waals surface area contributed by atoms with Gasteiger partial charge >= 0.3 is 0 Å². The first-order valence-electron chi connectivity index (χ1n) is 6.39. The van der Waals surface area contributed by atoms with Crippen molar-refractivity contribution < 1.29 is 0 Å². The van der Waals surface area contributed by atoms with Crippen LogP contribution in [0.3, 0.4) is 0 Å². The largest absolute Gasteiger partial charge is 0.315 e. The zero-order valence-corrected chi connectivity index (χ0v) is 12.3. The highest BCUT2D eigenvalue weighted by Crippen LogP contribution is 2.24. The van der Waals surface area contributed by atoms with Crippen molar-refractivity contribution in [3.8, 4) is 0 Å². The van der Waals surface area contributed by atoms with E-state index in [9.17, 15) is 0 Å². The Labute approximate surface area is 111 Å². The van der Waals surface area contributed by atoms with Gasteiger partial charge < -0.3 is 5.32 Å². The third kappa shape index (κ3) is 4.36. The SMILES string of the molecule is CC(C)c1ccc(C(C)(C)CNCCS)cc1. The van der Waals surface area contributed by atoms with Crippen LogP contribution in [0.4, 0.5) is 0 Å². The van der Waals surface area contributed by atoms with Crippen LogP contribution in [0.1, 0.15) is 44.7 Å². The molecule has 0 aliphatic carbocycles. The van der Waals surface area contributed by atoms with E-state index in [0.717, 1.165) is 18.8 Å². The van der Waals surface area contributed by atoms with Crippen LogP contribution in [-0.2, 0) is 5.41 Å². The molecule has 0 unspecified atom stereocenters. The zero-order valence-electron chi connectivity index (χ0n) is 11.5. The van der Waals surface area contributed by atoms with Crippen molar-refractivity contribution in [3.05, 3.63) is 35.4 Å². The Hall–Kier alpha value is -0.470. The van der Waals surface area contributed by atoms with Gasteiger partial charge in [-0.3, -0.25) is 0 Å². The highest BCUT2D eigenvalue weighted by molar-refractivity contribution is 7.80. The summed E-state index contributed by atoms with van der Waals surface area (Å²) in [4.78, 5) is 0. The topological polar surface area (TPSA) is 12.0 Å². The molecule has 96 valence electrons. The molecule has 2 heteroatoms. The maximum atomic E-state index is 4.21. The van der Waals surface area contributed by atoms with Gasteiger partial charge in [-0.25, -0.2) is 0 Å². The van der Waals surface area contributed by atoms with Crippen LogP contribution < -0.4 is 5.32 Å². The summed E-state index contributed by atoms with van der Waals surface area (Å²) in [5.41, 5.74) is 2.99. The molecule has 1 aromatic carbocycles. The van der Waals surface area contributed by atoms with Crippen LogP contribution in [0, 0.1) is 0 Å². The summed E-state index contributed by atoms with van der Waals surface area (Å²) in [5, 5.41) is 3.43. The number of nitrogens with one attached hydrogen (secondary N) is 1. The fourth-order valence-electron chi connectivity index (χ4n) is 1.90. The molecule has 0 saturated carbocycles. The van der Waals surface area contributed by atoms with Crippen molar-refractivity contribution in [2.45, 2.75) is 39.0 Å². The van der Waals surface area contributed by atoms with E-state index in [1.807, 2.05) is 0 Å². The van der Waals surface area contributed by atoms with E-state index in [1.54, 1.807) is 0 Å². The van der Waals surface area contributed by atoms with E-state index < -0.39 is 0 Å². The lowest BCUT2D eigenvalue weighted by atomic mass is 9.83. The molecule has 0 aliphatic heterocycles. The highest BCUT2D eigenvalue weighted by Gasteiger charge is 2.19. The first kappa shape index (κ1) is 14.6. The Morgan fingerprint density at radius 3 is 2.24 bits per heavy atom. The summed E-state index contributed by atoms with van der Waals surface area (Å²) >= 11 is 4.21. The third-order valence-corrected chi connectivity index (χ3v) is 3.44. The predicted octanol–water partition coefficient (Wildman–Crippen LogP) is 3.61. The summed E-state index contributed by atoms with van der Waals surface area (Å²) < 4.78 is 0. The molecule has 1 aromatic rings. The van der Waals surface area contributed by atoms with Crippen LogP contribution in [0.15, 0.2) is 24.3 Å². The van der Waals surface area contributed by atoms with Crippen LogP contribution in [-0.4, -0.2) is 18.8 Å². The number of hydrogen-bond donors (Lipinski definition) is 2. The number of rotatable bonds is 6. The van der Waals surface area contributed by atoms with Crippen molar-refractivity contribution in [2.24, 2.45) is 0 Å². The van der Waals surface area contributed by atoms with Gasteiger partial charge in [-0.2, -0.15) is 12.6 Å². The maximum Gasteiger partial charge on any atom is 0.00435 e. The Bertz CT molecular complexity index is 327. The standard InChI is InChI=1S/C15H25NS/c1-12(2)13-5-7-14(8-6-13)15(3,4)11-16-9-10-17/h5-8,12,16-17H,9-11H2,1-4H3. The van der Waals surface area contributed by atoms with Crippen molar-refractivity contribution in [2.75, 3.05) is 18.8 Å². The molecule has 1 rings (SSSR count). The van der Waals surface area contributed by atoms with Crippen molar-refractivity contribution in [1.29, 1.82) is 0 Å². The molecule has 0 atom stereocenters. The fourth-order valence-corrected chi connectivity index (χ4v) is 2.06. The van der Waals surface area contributed by atoms with Gasteiger partial charge in [-0.15, -0.1) is 0 Å². The van der Waals surface area contributed by atoms with E-state index in [0.29, 0.717) is 5.92 Å². The van der Waals surface area contributed by atoms with Crippen LogP contribution in [0.2, 0.25) is 0 Å². The second kappa shape index (κ2) is 6.46. The quantitative estimate of drug-likeness (QED) is 0.581. The molecule has 0 amide bonds. The first-order chi connectivity index (χ1) is 7.97. The van der Waals surface area contributed by atoms with Gasteiger partial charge in [0.15, 0.2) is 0 Å². The Balaban J connectivity index is 2.70. The van der Waals surface area contributed by atoms with Crippen molar-refractivity contribution in [1.82, 2.24) is 5.32 Å². The van der Waals surface area contributed by atoms with Gasteiger partial charge in [0, 0.05) is 24.3 Å². The Morgan fingerprint density at radius 1 is 1.18 bits per heavy atom. The molecule has 0 aromatic heterocycles. The molecule has 1 nitrogen and oxygen atoms in total. The van der Waals surface area contributed by atoms with E-state index in [2.05, 4.69) is 69.9 Å². The van der Waals surface area contributed by atoms with E-state index in [4.69, 9.17) is 0 Å². The number of thiol groups is 1. The molecule has 0 fully saturated rings. The minimum atomic E-state index is 0.179. The van der Waals surface area contributed by atoms with E-state index in [1.165, 1.54) is 11.1 Å². The summed E-state index contributed by atoms with van der Waals surface area (Å²) in [6.45, 7) is 11.0. The van der Waals surface area contributed by atoms with Crippen LogP contribution >= 0.6 is 12.6 Å². The summed E-state index contributed by atoms with van der Waals surface area (Å²) in [6.07, 6.45) is 0. The molecule has 1 N–H and O–H groups in total. The lowest BCUT2D eigenvalue weighted by molar-refractivity contribution is 0.478. The smallest absolute Gasteiger partial charge is 0.00435 e. The average molecular weight is 251 g/mol. The monoisotopic (exact) mass is 251 g/mol. The minimum Gasteiger partial charge on any atom is -0.315 e. The van der Waals surface area contributed by atoms with Gasteiger partial charge in [-0.1, -0.05) is 52.0 Å². The van der Waals surface area contributed by atoms with Gasteiger partial charge in [-0.05, 0) is 17.0 Å².